The van der Waals surface area contributed by atoms with Crippen molar-refractivity contribution >= 4 is 0 Å². The summed E-state index contributed by atoms with van der Waals surface area (Å²) in [6.07, 6.45) is 7.44. The molecule has 0 heteroatoms. The molecule has 1 aromatic carbocycles. The third-order valence-corrected chi connectivity index (χ3v) is 2.73. The van der Waals surface area contributed by atoms with Gasteiger partial charge in [-0.05, 0) is 36.0 Å². The van der Waals surface area contributed by atoms with Crippen LogP contribution >= 0.6 is 0 Å². The predicted molar refractivity (Wildman–Crippen MR) is 88.6 cm³/mol. The molecule has 0 amide bonds. The minimum absolute atomic E-state index is 0. The molecular formula is C18H36. The fourth-order valence-electron chi connectivity index (χ4n) is 2.14. The number of hydrogen-bond acceptors (Lipinski definition) is 0. The third kappa shape index (κ3) is 7.53. The smallest absolute Gasteiger partial charge is 0.0281 e. The first-order valence-corrected chi connectivity index (χ1v) is 6.41. The highest BCUT2D eigenvalue weighted by atomic mass is 14.1. The Bertz CT molecular complexity index is 226. The van der Waals surface area contributed by atoms with Crippen LogP contribution in [0.2, 0.25) is 0 Å². The first kappa shape index (κ1) is 22.4. The molecule has 0 bridgehead atoms. The average Bonchev–Trinajstić information content (AvgIpc) is 2.19. The lowest BCUT2D eigenvalue weighted by Crippen LogP contribution is -1.93. The Hall–Kier alpha value is -0.780. The van der Waals surface area contributed by atoms with Gasteiger partial charge in [0.1, 0.15) is 0 Å². The van der Waals surface area contributed by atoms with E-state index in [1.165, 1.54) is 55.2 Å². The molecular weight excluding hydrogens is 216 g/mol. The molecule has 0 aliphatic carbocycles. The quantitative estimate of drug-likeness (QED) is 0.545. The molecule has 0 saturated heterocycles. The Morgan fingerprint density at radius 2 is 0.778 bits per heavy atom. The molecule has 1 rings (SSSR count). The van der Waals surface area contributed by atoms with E-state index in [9.17, 15) is 0 Å². The van der Waals surface area contributed by atoms with Gasteiger partial charge in [-0.3, -0.25) is 0 Å². The zero-order valence-electron chi connectivity index (χ0n) is 10.5. The highest BCUT2D eigenvalue weighted by molar-refractivity contribution is 5.30. The van der Waals surface area contributed by atoms with E-state index >= 15 is 0 Å². The van der Waals surface area contributed by atoms with Crippen LogP contribution in [-0.4, -0.2) is 0 Å². The molecule has 0 saturated carbocycles. The maximum atomic E-state index is 2.40. The lowest BCUT2D eigenvalue weighted by Gasteiger charge is -2.08. The van der Waals surface area contributed by atoms with Crippen LogP contribution in [0.25, 0.3) is 0 Å². The maximum absolute atomic E-state index is 2.40. The van der Waals surface area contributed by atoms with Crippen molar-refractivity contribution in [3.63, 3.8) is 0 Å². The Balaban J connectivity index is -0.000000750. The van der Waals surface area contributed by atoms with Crippen molar-refractivity contribution in [3.05, 3.63) is 34.9 Å². The van der Waals surface area contributed by atoms with E-state index < -0.39 is 0 Å². The summed E-state index contributed by atoms with van der Waals surface area (Å²) < 4.78 is 0. The van der Waals surface area contributed by atoms with Gasteiger partial charge >= 0.3 is 0 Å². The first-order valence-electron chi connectivity index (χ1n) is 6.41. The molecule has 0 heterocycles. The van der Waals surface area contributed by atoms with E-state index in [-0.39, 0.29) is 22.3 Å². The molecule has 0 unspecified atom stereocenters. The molecule has 108 valence electrons. The second-order valence-electron chi connectivity index (χ2n) is 4.41. The monoisotopic (exact) mass is 252 g/mol. The van der Waals surface area contributed by atoms with E-state index in [1.807, 2.05) is 0 Å². The van der Waals surface area contributed by atoms with Crippen molar-refractivity contribution in [1.82, 2.24) is 0 Å². The highest BCUT2D eigenvalue weighted by Gasteiger charge is 2.00. The van der Waals surface area contributed by atoms with E-state index in [1.54, 1.807) is 0 Å². The van der Waals surface area contributed by atoms with E-state index in [2.05, 4.69) is 39.0 Å². The van der Waals surface area contributed by atoms with Gasteiger partial charge in [-0.15, -0.1) is 0 Å². The Labute approximate surface area is 117 Å². The lowest BCUT2D eigenvalue weighted by atomic mass is 9.98. The average molecular weight is 252 g/mol. The molecule has 0 N–H and O–H groups in total. The number of benzene rings is 1. The van der Waals surface area contributed by atoms with Crippen LogP contribution < -0.4 is 0 Å². The number of rotatable bonds is 6. The SMILES string of the molecule is C.C.C.CCCc1cc(CCC)cc(CCC)c1. The fourth-order valence-corrected chi connectivity index (χ4v) is 2.14. The topological polar surface area (TPSA) is 0 Å². The molecule has 1 aromatic rings. The highest BCUT2D eigenvalue weighted by Crippen LogP contribution is 2.15. The van der Waals surface area contributed by atoms with Crippen LogP contribution in [-0.2, 0) is 19.3 Å². The van der Waals surface area contributed by atoms with Gasteiger partial charge in [0, 0.05) is 0 Å². The summed E-state index contributed by atoms with van der Waals surface area (Å²) >= 11 is 0. The minimum Gasteiger partial charge on any atom is -0.0776 e. The number of aryl methyl sites for hydroxylation is 3. The fraction of sp³-hybridized carbons (Fsp3) is 0.667. The van der Waals surface area contributed by atoms with Crippen molar-refractivity contribution in [1.29, 1.82) is 0 Å². The molecule has 0 aromatic heterocycles. The summed E-state index contributed by atoms with van der Waals surface area (Å²) in [5, 5.41) is 0. The van der Waals surface area contributed by atoms with Crippen LogP contribution in [0.5, 0.6) is 0 Å². The summed E-state index contributed by atoms with van der Waals surface area (Å²) in [7, 11) is 0. The van der Waals surface area contributed by atoms with Gasteiger partial charge < -0.3 is 0 Å². The molecule has 18 heavy (non-hydrogen) atoms. The Morgan fingerprint density at radius 1 is 0.556 bits per heavy atom. The lowest BCUT2D eigenvalue weighted by molar-refractivity contribution is 0.871. The van der Waals surface area contributed by atoms with Crippen LogP contribution in [0, 0.1) is 0 Å². The van der Waals surface area contributed by atoms with Crippen molar-refractivity contribution in [2.45, 2.75) is 81.6 Å². The van der Waals surface area contributed by atoms with Gasteiger partial charge in [-0.25, -0.2) is 0 Å². The minimum atomic E-state index is 0. The summed E-state index contributed by atoms with van der Waals surface area (Å²) in [5.41, 5.74) is 4.60. The summed E-state index contributed by atoms with van der Waals surface area (Å²) in [4.78, 5) is 0. The van der Waals surface area contributed by atoms with Crippen molar-refractivity contribution < 1.29 is 0 Å². The third-order valence-electron chi connectivity index (χ3n) is 2.73. The molecule has 0 atom stereocenters. The van der Waals surface area contributed by atoms with Crippen molar-refractivity contribution in [3.8, 4) is 0 Å². The van der Waals surface area contributed by atoms with Crippen LogP contribution in [0.4, 0.5) is 0 Å². The van der Waals surface area contributed by atoms with E-state index in [4.69, 9.17) is 0 Å². The Kier molecular flexibility index (Phi) is 15.8. The predicted octanol–water partition coefficient (Wildman–Crippen LogP) is 6.45. The van der Waals surface area contributed by atoms with Gasteiger partial charge in [-0.2, -0.15) is 0 Å². The largest absolute Gasteiger partial charge is 0.0776 e. The van der Waals surface area contributed by atoms with Crippen LogP contribution in [0.1, 0.15) is 79.0 Å². The van der Waals surface area contributed by atoms with Gasteiger partial charge in [0.25, 0.3) is 0 Å². The molecule has 0 radical (unpaired) electrons. The zero-order chi connectivity index (χ0) is 11.1. The van der Waals surface area contributed by atoms with Crippen LogP contribution in [0.3, 0.4) is 0 Å². The van der Waals surface area contributed by atoms with Crippen molar-refractivity contribution in [2.24, 2.45) is 0 Å². The van der Waals surface area contributed by atoms with Gasteiger partial charge in [-0.1, -0.05) is 80.5 Å². The second-order valence-corrected chi connectivity index (χ2v) is 4.41. The second kappa shape index (κ2) is 12.7. The summed E-state index contributed by atoms with van der Waals surface area (Å²) in [6, 6.07) is 7.18. The molecule has 0 fully saturated rings. The van der Waals surface area contributed by atoms with E-state index in [0.29, 0.717) is 0 Å². The zero-order valence-corrected chi connectivity index (χ0v) is 10.5. The van der Waals surface area contributed by atoms with Gasteiger partial charge in [0.05, 0.1) is 0 Å². The molecule has 0 spiro atoms. The molecule has 0 aliphatic heterocycles. The Morgan fingerprint density at radius 3 is 0.944 bits per heavy atom. The van der Waals surface area contributed by atoms with E-state index in [0.717, 1.165) is 0 Å². The standard InChI is InChI=1S/C15H24.3CH4/c1-4-7-13-10-14(8-5-2)12-15(11-13)9-6-3;;;/h10-12H,4-9H2,1-3H3;3*1H4. The van der Waals surface area contributed by atoms with Crippen molar-refractivity contribution in [2.75, 3.05) is 0 Å². The number of hydrogen-bond donors (Lipinski definition) is 0. The normalized spacial score (nSPS) is 8.83. The van der Waals surface area contributed by atoms with Crippen LogP contribution in [0.15, 0.2) is 18.2 Å². The maximum Gasteiger partial charge on any atom is -0.0281 e. The summed E-state index contributed by atoms with van der Waals surface area (Å²) in [6.45, 7) is 6.77. The first-order chi connectivity index (χ1) is 7.30. The summed E-state index contributed by atoms with van der Waals surface area (Å²) in [5.74, 6) is 0. The van der Waals surface area contributed by atoms with Gasteiger partial charge in [0.2, 0.25) is 0 Å². The molecule has 0 nitrogen and oxygen atoms in total. The molecule has 0 aliphatic rings. The van der Waals surface area contributed by atoms with Gasteiger partial charge in [0.15, 0.2) is 0 Å².